The topological polar surface area (TPSA) is 76.2 Å². The van der Waals surface area contributed by atoms with Crippen molar-refractivity contribution in [2.24, 2.45) is 0 Å². The Kier molecular flexibility index (Phi) is 5.00. The zero-order chi connectivity index (χ0) is 22.4. The number of benzene rings is 3. The molecular formula is C25H17FN2O2S2. The average Bonchev–Trinajstić information content (AvgIpc) is 3.36. The lowest BCUT2D eigenvalue weighted by atomic mass is 9.97. The summed E-state index contributed by atoms with van der Waals surface area (Å²) in [7, 11) is 0. The van der Waals surface area contributed by atoms with Crippen LogP contribution in [0.4, 0.5) is 10.2 Å². The van der Waals surface area contributed by atoms with Crippen molar-refractivity contribution in [1.29, 1.82) is 0 Å². The predicted molar refractivity (Wildman–Crippen MR) is 129 cm³/mol. The maximum Gasteiger partial charge on any atom is 0.203 e. The van der Waals surface area contributed by atoms with Gasteiger partial charge in [0.05, 0.1) is 4.88 Å². The number of hydrogen-bond donors (Lipinski definition) is 2. The van der Waals surface area contributed by atoms with Crippen molar-refractivity contribution in [3.63, 3.8) is 0 Å². The zero-order valence-corrected chi connectivity index (χ0v) is 18.6. The molecule has 3 aromatic carbocycles. The van der Waals surface area contributed by atoms with Crippen LogP contribution >= 0.6 is 22.7 Å². The molecule has 158 valence electrons. The molecule has 7 heteroatoms. The number of aromatic hydroxyl groups is 1. The Hall–Kier alpha value is -3.55. The Morgan fingerprint density at radius 3 is 2.47 bits per heavy atom. The second-order valence-corrected chi connectivity index (χ2v) is 9.40. The molecular weight excluding hydrogens is 443 g/mol. The van der Waals surface area contributed by atoms with Crippen LogP contribution in [-0.2, 0) is 0 Å². The molecule has 0 atom stereocenters. The van der Waals surface area contributed by atoms with E-state index in [1.165, 1.54) is 34.8 Å². The molecule has 5 aromatic rings. The Bertz CT molecular complexity index is 1470. The number of halogens is 1. The first kappa shape index (κ1) is 20.4. The summed E-state index contributed by atoms with van der Waals surface area (Å²) in [5, 5.41) is 13.4. The van der Waals surface area contributed by atoms with Crippen molar-refractivity contribution in [3.8, 4) is 27.4 Å². The number of aryl methyl sites for hydroxylation is 1. The molecule has 2 heterocycles. The van der Waals surface area contributed by atoms with E-state index in [1.807, 2.05) is 24.3 Å². The summed E-state index contributed by atoms with van der Waals surface area (Å²) in [6.45, 7) is 1.76. The minimum Gasteiger partial charge on any atom is -0.508 e. The molecule has 0 spiro atoms. The molecule has 2 aromatic heterocycles. The zero-order valence-electron chi connectivity index (χ0n) is 16.9. The summed E-state index contributed by atoms with van der Waals surface area (Å²) < 4.78 is 14.8. The molecule has 0 aliphatic rings. The minimum atomic E-state index is -0.444. The molecule has 0 radical (unpaired) electrons. The highest BCUT2D eigenvalue weighted by atomic mass is 32.1. The van der Waals surface area contributed by atoms with Crippen LogP contribution in [-0.4, -0.2) is 15.9 Å². The minimum absolute atomic E-state index is 0.127. The molecule has 0 saturated carbocycles. The standard InChI is InChI=1S/C25H17FN2O2S2/c1-13-8-16(10-17(26)9-13)23(30)24-22(19-7-6-18(29)11-20(19)32-24)14-2-4-15(5-3-14)25-28-21(27)12-31-25/h2-12,29H,27H2,1H3. The van der Waals surface area contributed by atoms with Crippen molar-refractivity contribution >= 4 is 44.4 Å². The van der Waals surface area contributed by atoms with Gasteiger partial charge in [-0.05, 0) is 54.4 Å². The highest BCUT2D eigenvalue weighted by molar-refractivity contribution is 7.21. The predicted octanol–water partition coefficient (Wildman–Crippen LogP) is 6.66. The number of nitrogens with zero attached hydrogens (tertiary/aromatic N) is 1. The van der Waals surface area contributed by atoms with Crippen molar-refractivity contribution in [3.05, 3.63) is 87.9 Å². The number of thiophene rings is 1. The van der Waals surface area contributed by atoms with Gasteiger partial charge in [-0.2, -0.15) is 0 Å². The summed E-state index contributed by atoms with van der Waals surface area (Å²) in [4.78, 5) is 18.3. The maximum atomic E-state index is 14.0. The molecule has 0 unspecified atom stereocenters. The van der Waals surface area contributed by atoms with E-state index in [-0.39, 0.29) is 11.5 Å². The lowest BCUT2D eigenvalue weighted by Gasteiger charge is -2.07. The first-order valence-corrected chi connectivity index (χ1v) is 11.5. The van der Waals surface area contributed by atoms with Crippen LogP contribution in [0.3, 0.4) is 0 Å². The molecule has 0 bridgehead atoms. The lowest BCUT2D eigenvalue weighted by Crippen LogP contribution is -2.02. The van der Waals surface area contributed by atoms with Crippen LogP contribution in [0.5, 0.6) is 5.75 Å². The molecule has 5 rings (SSSR count). The maximum absolute atomic E-state index is 14.0. The van der Waals surface area contributed by atoms with Crippen molar-refractivity contribution in [2.75, 3.05) is 5.73 Å². The van der Waals surface area contributed by atoms with E-state index in [1.54, 1.807) is 36.6 Å². The number of hydrogen-bond acceptors (Lipinski definition) is 6. The van der Waals surface area contributed by atoms with E-state index in [0.717, 1.165) is 31.8 Å². The second kappa shape index (κ2) is 7.85. The van der Waals surface area contributed by atoms with Gasteiger partial charge in [-0.15, -0.1) is 22.7 Å². The second-order valence-electron chi connectivity index (χ2n) is 7.49. The van der Waals surface area contributed by atoms with Crippen molar-refractivity contribution in [2.45, 2.75) is 6.92 Å². The van der Waals surface area contributed by atoms with Crippen LogP contribution in [0, 0.1) is 12.7 Å². The number of nitrogen functional groups attached to an aromatic ring is 1. The Labute approximate surface area is 191 Å². The van der Waals surface area contributed by atoms with Crippen LogP contribution in [0.25, 0.3) is 31.8 Å². The van der Waals surface area contributed by atoms with Gasteiger partial charge in [0.2, 0.25) is 5.78 Å². The molecule has 0 amide bonds. The van der Waals surface area contributed by atoms with Gasteiger partial charge in [0.1, 0.15) is 22.4 Å². The van der Waals surface area contributed by atoms with Gasteiger partial charge in [-0.25, -0.2) is 9.37 Å². The summed E-state index contributed by atoms with van der Waals surface area (Å²) in [6, 6.07) is 17.2. The number of carbonyl (C=O) groups excluding carboxylic acids is 1. The Balaban J connectivity index is 1.67. The molecule has 4 nitrogen and oxygen atoms in total. The lowest BCUT2D eigenvalue weighted by molar-refractivity contribution is 0.104. The molecule has 0 aliphatic heterocycles. The van der Waals surface area contributed by atoms with E-state index < -0.39 is 5.82 Å². The number of thiazole rings is 1. The van der Waals surface area contributed by atoms with Gasteiger partial charge in [0.25, 0.3) is 0 Å². The number of phenolic OH excluding ortho intramolecular Hbond substituents is 1. The first-order chi connectivity index (χ1) is 15.4. The van der Waals surface area contributed by atoms with E-state index in [0.29, 0.717) is 21.8 Å². The fraction of sp³-hybridized carbons (Fsp3) is 0.0400. The van der Waals surface area contributed by atoms with E-state index in [2.05, 4.69) is 4.98 Å². The van der Waals surface area contributed by atoms with Gasteiger partial charge in [0.15, 0.2) is 0 Å². The third-order valence-electron chi connectivity index (χ3n) is 5.13. The largest absolute Gasteiger partial charge is 0.508 e. The fourth-order valence-electron chi connectivity index (χ4n) is 3.73. The van der Waals surface area contributed by atoms with Gasteiger partial charge in [-0.3, -0.25) is 4.79 Å². The number of anilines is 1. The van der Waals surface area contributed by atoms with E-state index in [9.17, 15) is 14.3 Å². The van der Waals surface area contributed by atoms with Crippen LogP contribution < -0.4 is 5.73 Å². The number of rotatable bonds is 4. The van der Waals surface area contributed by atoms with Gasteiger partial charge in [-0.1, -0.05) is 24.3 Å². The van der Waals surface area contributed by atoms with Crippen LogP contribution in [0.2, 0.25) is 0 Å². The number of fused-ring (bicyclic) bond motifs is 1. The van der Waals surface area contributed by atoms with E-state index in [4.69, 9.17) is 5.73 Å². The fourth-order valence-corrected chi connectivity index (χ4v) is 5.66. The smallest absolute Gasteiger partial charge is 0.203 e. The summed E-state index contributed by atoms with van der Waals surface area (Å²) in [5.74, 6) is -0.0839. The van der Waals surface area contributed by atoms with Gasteiger partial charge in [0, 0.05) is 32.2 Å². The molecule has 0 aliphatic carbocycles. The number of ketones is 1. The third-order valence-corrected chi connectivity index (χ3v) is 7.19. The summed E-state index contributed by atoms with van der Waals surface area (Å²) >= 11 is 2.76. The average molecular weight is 461 g/mol. The number of phenols is 1. The third kappa shape index (κ3) is 3.66. The Morgan fingerprint density at radius 1 is 1.03 bits per heavy atom. The SMILES string of the molecule is Cc1cc(F)cc(C(=O)c2sc3cc(O)ccc3c2-c2ccc(-c3nc(N)cs3)cc2)c1. The normalized spacial score (nSPS) is 11.2. The quantitative estimate of drug-likeness (QED) is 0.294. The number of aromatic nitrogens is 1. The number of nitrogens with two attached hydrogens (primary N) is 1. The molecule has 0 saturated heterocycles. The van der Waals surface area contributed by atoms with Crippen LogP contribution in [0.1, 0.15) is 20.8 Å². The van der Waals surface area contributed by atoms with Gasteiger partial charge >= 0.3 is 0 Å². The monoisotopic (exact) mass is 460 g/mol. The molecule has 3 N–H and O–H groups in total. The van der Waals surface area contributed by atoms with E-state index >= 15 is 0 Å². The number of carbonyl (C=O) groups is 1. The van der Waals surface area contributed by atoms with Crippen LogP contribution in [0.15, 0.2) is 66.0 Å². The summed E-state index contributed by atoms with van der Waals surface area (Å²) in [5.41, 5.74) is 9.28. The summed E-state index contributed by atoms with van der Waals surface area (Å²) in [6.07, 6.45) is 0. The van der Waals surface area contributed by atoms with Gasteiger partial charge < -0.3 is 10.8 Å². The molecule has 0 fully saturated rings. The highest BCUT2D eigenvalue weighted by Crippen LogP contribution is 2.42. The highest BCUT2D eigenvalue weighted by Gasteiger charge is 2.22. The van der Waals surface area contributed by atoms with Crippen molar-refractivity contribution in [1.82, 2.24) is 4.98 Å². The first-order valence-electron chi connectivity index (χ1n) is 9.78. The van der Waals surface area contributed by atoms with Crippen molar-refractivity contribution < 1.29 is 14.3 Å². The Morgan fingerprint density at radius 2 is 1.78 bits per heavy atom. The molecule has 32 heavy (non-hydrogen) atoms.